The first-order valence-corrected chi connectivity index (χ1v) is 8.72. The molecule has 130 valence electrons. The summed E-state index contributed by atoms with van der Waals surface area (Å²) in [6.07, 6.45) is 2.49. The Balaban J connectivity index is 1.61. The van der Waals surface area contributed by atoms with E-state index in [2.05, 4.69) is 37.2 Å². The van der Waals surface area contributed by atoms with Gasteiger partial charge in [0.25, 0.3) is 0 Å². The van der Waals surface area contributed by atoms with Crippen LogP contribution in [-0.4, -0.2) is 39.2 Å². The number of hydrogen-bond acceptors (Lipinski definition) is 4. The van der Waals surface area contributed by atoms with Gasteiger partial charge in [-0.05, 0) is 49.2 Å². The first-order chi connectivity index (χ1) is 12.7. The van der Waals surface area contributed by atoms with E-state index in [1.165, 1.54) is 18.5 Å². The van der Waals surface area contributed by atoms with E-state index in [-0.39, 0.29) is 0 Å². The van der Waals surface area contributed by atoms with E-state index in [4.69, 9.17) is 5.73 Å². The molecule has 0 bridgehead atoms. The quantitative estimate of drug-likeness (QED) is 0.530. The zero-order valence-electron chi connectivity index (χ0n) is 14.1. The summed E-state index contributed by atoms with van der Waals surface area (Å²) in [5.41, 5.74) is 10.5. The molecular formula is C19H18N6O. The van der Waals surface area contributed by atoms with Crippen LogP contribution < -0.4 is 10.6 Å². The molecule has 0 spiro atoms. The van der Waals surface area contributed by atoms with Crippen LogP contribution in [0.4, 0.5) is 5.69 Å². The molecule has 0 aliphatic carbocycles. The summed E-state index contributed by atoms with van der Waals surface area (Å²) in [7, 11) is 0. The van der Waals surface area contributed by atoms with Gasteiger partial charge in [0.1, 0.15) is 5.69 Å². The van der Waals surface area contributed by atoms with Crippen molar-refractivity contribution in [2.24, 2.45) is 5.73 Å². The minimum absolute atomic E-state index is 0.451. The van der Waals surface area contributed by atoms with Crippen LogP contribution in [0, 0.1) is 0 Å². The van der Waals surface area contributed by atoms with E-state index in [0.717, 1.165) is 35.0 Å². The summed E-state index contributed by atoms with van der Waals surface area (Å²) >= 11 is 0. The van der Waals surface area contributed by atoms with Crippen molar-refractivity contribution in [3.8, 4) is 11.5 Å². The Kier molecular flexibility index (Phi) is 3.21. The van der Waals surface area contributed by atoms with Crippen molar-refractivity contribution < 1.29 is 4.79 Å². The van der Waals surface area contributed by atoms with Crippen LogP contribution in [0.2, 0.25) is 0 Å². The predicted octanol–water partition coefficient (Wildman–Crippen LogP) is 2.81. The van der Waals surface area contributed by atoms with Crippen molar-refractivity contribution in [1.29, 1.82) is 0 Å². The first kappa shape index (κ1) is 14.9. The lowest BCUT2D eigenvalue weighted by Crippen LogP contribution is -2.17. The standard InChI is InChI=1S/C19H18N6O/c20-18(26)11-3-5-14-13(9-11)17(24-23-14)19-21-15-6-4-12(10-16(15)22-19)25-7-1-2-8-25/h3-6,9-10H,1-2,7-8H2,(H2,20,26)(H,21,22)(H,23,24). The molecule has 3 heterocycles. The van der Waals surface area contributed by atoms with E-state index < -0.39 is 5.91 Å². The molecule has 0 radical (unpaired) electrons. The fourth-order valence-electron chi connectivity index (χ4n) is 3.63. The highest BCUT2D eigenvalue weighted by Crippen LogP contribution is 2.29. The number of hydrogen-bond donors (Lipinski definition) is 3. The summed E-state index contributed by atoms with van der Waals surface area (Å²) in [6.45, 7) is 2.21. The number of nitrogens with zero attached hydrogens (tertiary/aromatic N) is 3. The topological polar surface area (TPSA) is 104 Å². The van der Waals surface area contributed by atoms with Gasteiger partial charge < -0.3 is 15.6 Å². The average molecular weight is 346 g/mol. The van der Waals surface area contributed by atoms with Crippen LogP contribution >= 0.6 is 0 Å². The molecule has 7 nitrogen and oxygen atoms in total. The Morgan fingerprint density at radius 3 is 2.73 bits per heavy atom. The lowest BCUT2D eigenvalue weighted by atomic mass is 10.1. The summed E-state index contributed by atoms with van der Waals surface area (Å²) < 4.78 is 0. The molecule has 0 unspecified atom stereocenters. The van der Waals surface area contributed by atoms with Crippen LogP contribution in [0.3, 0.4) is 0 Å². The highest BCUT2D eigenvalue weighted by molar-refractivity contribution is 6.00. The molecule has 0 saturated carbocycles. The van der Waals surface area contributed by atoms with Gasteiger partial charge in [-0.1, -0.05) is 0 Å². The highest BCUT2D eigenvalue weighted by atomic mass is 16.1. The van der Waals surface area contributed by atoms with Crippen molar-refractivity contribution in [1.82, 2.24) is 20.2 Å². The van der Waals surface area contributed by atoms with Crippen LogP contribution in [0.25, 0.3) is 33.5 Å². The maximum absolute atomic E-state index is 11.5. The molecule has 7 heteroatoms. The first-order valence-electron chi connectivity index (χ1n) is 8.72. The number of benzene rings is 2. The van der Waals surface area contributed by atoms with Crippen molar-refractivity contribution in [2.45, 2.75) is 12.8 Å². The monoisotopic (exact) mass is 346 g/mol. The maximum atomic E-state index is 11.5. The number of amides is 1. The number of aromatic nitrogens is 4. The number of anilines is 1. The number of carbonyl (C=O) groups is 1. The third-order valence-electron chi connectivity index (χ3n) is 5.01. The molecule has 1 amide bonds. The SMILES string of the molecule is NC(=O)c1ccc2[nH]nc(-c3nc4ccc(N5CCCC5)cc4[nH]3)c2c1. The third-order valence-corrected chi connectivity index (χ3v) is 5.01. The summed E-state index contributed by atoms with van der Waals surface area (Å²) in [5, 5.41) is 8.18. The Morgan fingerprint density at radius 1 is 1.08 bits per heavy atom. The van der Waals surface area contributed by atoms with E-state index in [9.17, 15) is 4.79 Å². The van der Waals surface area contributed by atoms with Crippen molar-refractivity contribution in [2.75, 3.05) is 18.0 Å². The second kappa shape index (κ2) is 5.59. The Hall–Kier alpha value is -3.35. The molecule has 2 aromatic heterocycles. The summed E-state index contributed by atoms with van der Waals surface area (Å²) in [6, 6.07) is 11.5. The molecule has 1 fully saturated rings. The minimum atomic E-state index is -0.459. The molecule has 26 heavy (non-hydrogen) atoms. The number of imidazole rings is 1. The molecule has 4 aromatic rings. The predicted molar refractivity (Wildman–Crippen MR) is 101 cm³/mol. The Labute approximate surface area is 149 Å². The van der Waals surface area contributed by atoms with Gasteiger partial charge in [0, 0.05) is 29.7 Å². The maximum Gasteiger partial charge on any atom is 0.248 e. The van der Waals surface area contributed by atoms with Crippen LogP contribution in [0.15, 0.2) is 36.4 Å². The van der Waals surface area contributed by atoms with Gasteiger partial charge in [-0.3, -0.25) is 9.89 Å². The molecule has 1 aliphatic rings. The minimum Gasteiger partial charge on any atom is -0.371 e. The zero-order valence-corrected chi connectivity index (χ0v) is 14.1. The lowest BCUT2D eigenvalue weighted by Gasteiger charge is -2.17. The number of rotatable bonds is 3. The summed E-state index contributed by atoms with van der Waals surface area (Å²) in [5.74, 6) is 0.213. The number of aromatic amines is 2. The van der Waals surface area contributed by atoms with Gasteiger partial charge in [0.05, 0.1) is 16.6 Å². The van der Waals surface area contributed by atoms with Gasteiger partial charge in [-0.15, -0.1) is 0 Å². The van der Waals surface area contributed by atoms with Crippen LogP contribution in [-0.2, 0) is 0 Å². The van der Waals surface area contributed by atoms with E-state index in [1.54, 1.807) is 18.2 Å². The smallest absolute Gasteiger partial charge is 0.248 e. The fourth-order valence-corrected chi connectivity index (χ4v) is 3.63. The second-order valence-corrected chi connectivity index (χ2v) is 6.68. The van der Waals surface area contributed by atoms with Crippen molar-refractivity contribution >= 4 is 33.5 Å². The number of H-pyrrole nitrogens is 2. The Morgan fingerprint density at radius 2 is 1.92 bits per heavy atom. The highest BCUT2D eigenvalue weighted by Gasteiger charge is 2.16. The Bertz CT molecular complexity index is 1140. The van der Waals surface area contributed by atoms with Gasteiger partial charge >= 0.3 is 0 Å². The molecule has 4 N–H and O–H groups in total. The number of fused-ring (bicyclic) bond motifs is 2. The fraction of sp³-hybridized carbons (Fsp3) is 0.211. The average Bonchev–Trinajstić information content (AvgIpc) is 3.38. The lowest BCUT2D eigenvalue weighted by molar-refractivity contribution is 0.100. The number of nitrogens with one attached hydrogen (secondary N) is 2. The van der Waals surface area contributed by atoms with Crippen LogP contribution in [0.5, 0.6) is 0 Å². The second-order valence-electron chi connectivity index (χ2n) is 6.68. The zero-order chi connectivity index (χ0) is 17.7. The molecule has 5 rings (SSSR count). The number of nitrogens with two attached hydrogens (primary N) is 1. The van der Waals surface area contributed by atoms with E-state index in [0.29, 0.717) is 17.1 Å². The molecule has 0 atom stereocenters. The normalized spacial score (nSPS) is 14.5. The third kappa shape index (κ3) is 2.32. The van der Waals surface area contributed by atoms with Crippen molar-refractivity contribution in [3.63, 3.8) is 0 Å². The van der Waals surface area contributed by atoms with Gasteiger partial charge in [0.15, 0.2) is 5.82 Å². The molecular weight excluding hydrogens is 328 g/mol. The van der Waals surface area contributed by atoms with Crippen molar-refractivity contribution in [3.05, 3.63) is 42.0 Å². The van der Waals surface area contributed by atoms with Gasteiger partial charge in [-0.25, -0.2) is 4.98 Å². The van der Waals surface area contributed by atoms with Gasteiger partial charge in [-0.2, -0.15) is 5.10 Å². The molecule has 2 aromatic carbocycles. The largest absolute Gasteiger partial charge is 0.371 e. The van der Waals surface area contributed by atoms with Gasteiger partial charge in [0.2, 0.25) is 5.91 Å². The molecule has 1 saturated heterocycles. The summed E-state index contributed by atoms with van der Waals surface area (Å²) in [4.78, 5) is 21.9. The molecule has 1 aliphatic heterocycles. The number of carbonyl (C=O) groups excluding carboxylic acids is 1. The van der Waals surface area contributed by atoms with Crippen LogP contribution in [0.1, 0.15) is 23.2 Å². The van der Waals surface area contributed by atoms with E-state index in [1.807, 2.05) is 6.07 Å². The number of primary amides is 1. The van der Waals surface area contributed by atoms with E-state index >= 15 is 0 Å².